The number of carbonyl (C=O) groups is 2. The molecular formula is C18H19N3O5S. The second-order valence-electron chi connectivity index (χ2n) is 6.43. The molecule has 8 nitrogen and oxygen atoms in total. The fourth-order valence-corrected chi connectivity index (χ4v) is 4.05. The van der Waals surface area contributed by atoms with Crippen molar-refractivity contribution >= 4 is 28.9 Å². The number of amides is 1. The van der Waals surface area contributed by atoms with Crippen LogP contribution >= 0.6 is 11.3 Å². The number of aromatic nitrogens is 1. The van der Waals surface area contributed by atoms with Gasteiger partial charge in [0.05, 0.1) is 4.92 Å². The van der Waals surface area contributed by atoms with Gasteiger partial charge in [0.2, 0.25) is 0 Å². The zero-order valence-electron chi connectivity index (χ0n) is 14.5. The second kappa shape index (κ2) is 8.26. The number of carbonyl (C=O) groups excluding carboxylic acids is 1. The van der Waals surface area contributed by atoms with Gasteiger partial charge in [-0.05, 0) is 25.7 Å². The Hall–Kier alpha value is -2.81. The minimum Gasteiger partial charge on any atom is -0.481 e. The number of hydrogen-bond acceptors (Lipinski definition) is 6. The average molecular weight is 389 g/mol. The number of benzene rings is 1. The van der Waals surface area contributed by atoms with Gasteiger partial charge in [-0.15, -0.1) is 11.3 Å². The summed E-state index contributed by atoms with van der Waals surface area (Å²) in [5, 5.41) is 22.0. The molecule has 0 spiro atoms. The summed E-state index contributed by atoms with van der Waals surface area (Å²) in [7, 11) is 0. The molecule has 1 unspecified atom stereocenters. The molecule has 1 fully saturated rings. The van der Waals surface area contributed by atoms with E-state index in [1.54, 1.807) is 22.4 Å². The first kappa shape index (κ1) is 19.0. The van der Waals surface area contributed by atoms with E-state index in [0.29, 0.717) is 29.2 Å². The molecule has 1 aliphatic rings. The van der Waals surface area contributed by atoms with Crippen molar-refractivity contribution < 1.29 is 19.6 Å². The van der Waals surface area contributed by atoms with Crippen LogP contribution in [-0.4, -0.2) is 44.4 Å². The summed E-state index contributed by atoms with van der Waals surface area (Å²) in [6.07, 6.45) is 3.12. The van der Waals surface area contributed by atoms with E-state index in [-0.39, 0.29) is 24.1 Å². The number of nitrogens with zero attached hydrogens (tertiary/aromatic N) is 3. The molecule has 0 aliphatic carbocycles. The second-order valence-corrected chi connectivity index (χ2v) is 7.28. The number of likely N-dealkylation sites (tertiary alicyclic amines) is 1. The van der Waals surface area contributed by atoms with Gasteiger partial charge in [0.1, 0.15) is 10.7 Å². The molecule has 1 atom stereocenters. The molecule has 1 aliphatic heterocycles. The van der Waals surface area contributed by atoms with Crippen molar-refractivity contribution in [3.8, 4) is 10.6 Å². The molecule has 3 rings (SSSR count). The summed E-state index contributed by atoms with van der Waals surface area (Å²) in [5.41, 5.74) is 0.860. The van der Waals surface area contributed by atoms with Gasteiger partial charge >= 0.3 is 5.97 Å². The monoisotopic (exact) mass is 389 g/mol. The zero-order valence-corrected chi connectivity index (χ0v) is 15.4. The average Bonchev–Trinajstić information content (AvgIpc) is 3.16. The minimum atomic E-state index is -0.866. The molecule has 0 bridgehead atoms. The van der Waals surface area contributed by atoms with E-state index in [9.17, 15) is 19.7 Å². The van der Waals surface area contributed by atoms with Gasteiger partial charge < -0.3 is 10.0 Å². The van der Waals surface area contributed by atoms with Crippen molar-refractivity contribution in [3.05, 3.63) is 45.5 Å². The number of rotatable bonds is 6. The van der Waals surface area contributed by atoms with Crippen LogP contribution < -0.4 is 0 Å². The van der Waals surface area contributed by atoms with Crippen LogP contribution in [0.4, 0.5) is 5.69 Å². The van der Waals surface area contributed by atoms with Gasteiger partial charge in [-0.25, -0.2) is 4.98 Å². The first-order chi connectivity index (χ1) is 13.0. The highest BCUT2D eigenvalue weighted by Crippen LogP contribution is 2.29. The van der Waals surface area contributed by atoms with Crippen LogP contribution in [-0.2, 0) is 4.79 Å². The Bertz CT molecular complexity index is 866. The van der Waals surface area contributed by atoms with Gasteiger partial charge in [-0.1, -0.05) is 12.1 Å². The summed E-state index contributed by atoms with van der Waals surface area (Å²) in [4.78, 5) is 40.3. The molecule has 0 radical (unpaired) electrons. The number of piperidine rings is 1. The van der Waals surface area contributed by atoms with Crippen LogP contribution in [0.2, 0.25) is 0 Å². The van der Waals surface area contributed by atoms with Gasteiger partial charge in [-0.2, -0.15) is 0 Å². The van der Waals surface area contributed by atoms with Gasteiger partial charge in [0.25, 0.3) is 11.6 Å². The molecule has 0 saturated carbocycles. The van der Waals surface area contributed by atoms with Crippen molar-refractivity contribution in [3.63, 3.8) is 0 Å². The van der Waals surface area contributed by atoms with E-state index >= 15 is 0 Å². The molecule has 2 heterocycles. The third-order valence-electron chi connectivity index (χ3n) is 4.61. The van der Waals surface area contributed by atoms with E-state index in [2.05, 4.69) is 4.98 Å². The molecule has 27 heavy (non-hydrogen) atoms. The van der Waals surface area contributed by atoms with E-state index < -0.39 is 10.9 Å². The maximum atomic E-state index is 12.9. The molecule has 1 aromatic heterocycles. The summed E-state index contributed by atoms with van der Waals surface area (Å²) in [6, 6.07) is 6.05. The van der Waals surface area contributed by atoms with Crippen molar-refractivity contribution in [1.82, 2.24) is 9.88 Å². The summed E-state index contributed by atoms with van der Waals surface area (Å²) in [6.45, 7) is 0.590. The standard InChI is InChI=1S/C18H19N3O5S/c22-16(23)8-7-13-5-1-2-9-20(13)18(24)15-11-27-17(19-15)12-4-3-6-14(10-12)21(25)26/h3-4,6,10-11,13H,1-2,5,7-9H2,(H,22,23). The number of nitro groups is 1. The number of carboxylic acid groups (broad SMARTS) is 1. The topological polar surface area (TPSA) is 114 Å². The smallest absolute Gasteiger partial charge is 0.303 e. The summed E-state index contributed by atoms with van der Waals surface area (Å²) < 4.78 is 0. The Balaban J connectivity index is 1.78. The SMILES string of the molecule is O=C(O)CCC1CCCCN1C(=O)c1csc(-c2cccc([N+](=O)[O-])c2)n1. The normalized spacial score (nSPS) is 16.9. The third-order valence-corrected chi connectivity index (χ3v) is 5.50. The number of aliphatic carboxylic acids is 1. The lowest BCUT2D eigenvalue weighted by molar-refractivity contribution is -0.384. The zero-order chi connectivity index (χ0) is 19.4. The minimum absolute atomic E-state index is 0.0275. The van der Waals surface area contributed by atoms with E-state index in [1.807, 2.05) is 0 Å². The first-order valence-corrected chi connectivity index (χ1v) is 9.57. The highest BCUT2D eigenvalue weighted by molar-refractivity contribution is 7.13. The molecular weight excluding hydrogens is 370 g/mol. The Morgan fingerprint density at radius 1 is 1.37 bits per heavy atom. The van der Waals surface area contributed by atoms with Crippen molar-refractivity contribution in [2.75, 3.05) is 6.54 Å². The Morgan fingerprint density at radius 3 is 2.93 bits per heavy atom. The number of non-ortho nitro benzene ring substituents is 1. The summed E-state index contributed by atoms with van der Waals surface area (Å²) >= 11 is 1.26. The van der Waals surface area contributed by atoms with Crippen LogP contribution in [0.5, 0.6) is 0 Å². The lowest BCUT2D eigenvalue weighted by atomic mass is 9.97. The van der Waals surface area contributed by atoms with Crippen molar-refractivity contribution in [2.24, 2.45) is 0 Å². The Morgan fingerprint density at radius 2 is 2.19 bits per heavy atom. The van der Waals surface area contributed by atoms with Crippen LogP contribution in [0.3, 0.4) is 0 Å². The number of carboxylic acids is 1. The van der Waals surface area contributed by atoms with Crippen molar-refractivity contribution in [1.29, 1.82) is 0 Å². The number of hydrogen-bond donors (Lipinski definition) is 1. The number of nitro benzene ring substituents is 1. The molecule has 2 aromatic rings. The highest BCUT2D eigenvalue weighted by atomic mass is 32.1. The lowest BCUT2D eigenvalue weighted by Gasteiger charge is -2.35. The van der Waals surface area contributed by atoms with Crippen LogP contribution in [0.25, 0.3) is 10.6 Å². The summed E-state index contributed by atoms with van der Waals surface area (Å²) in [5.74, 6) is -1.08. The van der Waals surface area contributed by atoms with Crippen molar-refractivity contribution in [2.45, 2.75) is 38.1 Å². The molecule has 142 valence electrons. The lowest BCUT2D eigenvalue weighted by Crippen LogP contribution is -2.44. The molecule has 9 heteroatoms. The third kappa shape index (κ3) is 4.48. The van der Waals surface area contributed by atoms with Crippen LogP contribution in [0, 0.1) is 10.1 Å². The number of thiazole rings is 1. The van der Waals surface area contributed by atoms with Gasteiger partial charge in [0.15, 0.2) is 0 Å². The molecule has 1 N–H and O–H groups in total. The van der Waals surface area contributed by atoms with Gasteiger partial charge in [0, 0.05) is 42.1 Å². The predicted molar refractivity (Wildman–Crippen MR) is 99.7 cm³/mol. The van der Waals surface area contributed by atoms with Gasteiger partial charge in [-0.3, -0.25) is 19.7 Å². The van der Waals surface area contributed by atoms with E-state index in [4.69, 9.17) is 5.11 Å². The van der Waals surface area contributed by atoms with Crippen LogP contribution in [0.1, 0.15) is 42.6 Å². The Kier molecular flexibility index (Phi) is 5.80. The molecule has 1 aromatic carbocycles. The Labute approximate surface area is 159 Å². The first-order valence-electron chi connectivity index (χ1n) is 8.69. The quantitative estimate of drug-likeness (QED) is 0.597. The predicted octanol–water partition coefficient (Wildman–Crippen LogP) is 3.58. The highest BCUT2D eigenvalue weighted by Gasteiger charge is 2.29. The molecule has 1 saturated heterocycles. The largest absolute Gasteiger partial charge is 0.481 e. The fraction of sp³-hybridized carbons (Fsp3) is 0.389. The maximum absolute atomic E-state index is 12.9. The van der Waals surface area contributed by atoms with E-state index in [1.165, 1.54) is 23.5 Å². The van der Waals surface area contributed by atoms with Crippen LogP contribution in [0.15, 0.2) is 29.6 Å². The van der Waals surface area contributed by atoms with E-state index in [0.717, 1.165) is 19.3 Å². The molecule has 1 amide bonds. The fourth-order valence-electron chi connectivity index (χ4n) is 3.26. The maximum Gasteiger partial charge on any atom is 0.303 e.